The highest BCUT2D eigenvalue weighted by Gasteiger charge is 2.32. The fourth-order valence-corrected chi connectivity index (χ4v) is 2.88. The predicted molar refractivity (Wildman–Crippen MR) is 75.0 cm³/mol. The summed E-state index contributed by atoms with van der Waals surface area (Å²) in [5, 5.41) is 11.5. The number of hydrogen-bond donors (Lipinski definition) is 2. The van der Waals surface area contributed by atoms with E-state index < -0.39 is 23.6 Å². The van der Waals surface area contributed by atoms with Crippen molar-refractivity contribution in [1.29, 1.82) is 0 Å². The summed E-state index contributed by atoms with van der Waals surface area (Å²) in [4.78, 5) is 36.0. The van der Waals surface area contributed by atoms with Crippen molar-refractivity contribution in [3.8, 4) is 0 Å². The van der Waals surface area contributed by atoms with Crippen LogP contribution in [0.2, 0.25) is 0 Å². The lowest BCUT2D eigenvalue weighted by molar-refractivity contribution is -0.141. The van der Waals surface area contributed by atoms with E-state index in [-0.39, 0.29) is 18.0 Å². The molecule has 6 nitrogen and oxygen atoms in total. The Morgan fingerprint density at radius 3 is 2.77 bits per heavy atom. The van der Waals surface area contributed by atoms with Crippen molar-refractivity contribution < 1.29 is 23.9 Å². The molecule has 3 rings (SSSR count). The van der Waals surface area contributed by atoms with Crippen molar-refractivity contribution >= 4 is 23.5 Å². The second-order valence-corrected chi connectivity index (χ2v) is 5.61. The van der Waals surface area contributed by atoms with E-state index in [4.69, 9.17) is 5.11 Å². The lowest BCUT2D eigenvalue weighted by Gasteiger charge is -2.20. The first-order valence-corrected chi connectivity index (χ1v) is 7.10. The van der Waals surface area contributed by atoms with Gasteiger partial charge in [-0.25, -0.2) is 4.39 Å². The fraction of sp³-hybridized carbons (Fsp3) is 0.400. The van der Waals surface area contributed by atoms with E-state index >= 15 is 0 Å². The molecule has 0 aromatic heterocycles. The Kier molecular flexibility index (Phi) is 3.56. The smallest absolute Gasteiger partial charge is 0.308 e. The van der Waals surface area contributed by atoms with Gasteiger partial charge < -0.3 is 15.3 Å². The number of carboxylic acids is 1. The summed E-state index contributed by atoms with van der Waals surface area (Å²) >= 11 is 0. The van der Waals surface area contributed by atoms with E-state index in [1.165, 1.54) is 11.0 Å². The number of carboxylic acid groups (broad SMARTS) is 1. The molecule has 116 valence electrons. The van der Waals surface area contributed by atoms with Gasteiger partial charge in [0.2, 0.25) is 5.91 Å². The van der Waals surface area contributed by atoms with E-state index in [0.717, 1.165) is 11.6 Å². The van der Waals surface area contributed by atoms with Gasteiger partial charge in [0, 0.05) is 25.2 Å². The number of nitrogens with zero attached hydrogens (tertiary/aromatic N) is 1. The maximum atomic E-state index is 14.1. The Bertz CT molecular complexity index is 674. The number of carbonyl (C=O) groups excluding carboxylic acids is 2. The van der Waals surface area contributed by atoms with Crippen molar-refractivity contribution in [2.24, 2.45) is 5.92 Å². The summed E-state index contributed by atoms with van der Waals surface area (Å²) < 4.78 is 14.1. The highest BCUT2D eigenvalue weighted by Crippen LogP contribution is 2.28. The van der Waals surface area contributed by atoms with Crippen LogP contribution in [0.5, 0.6) is 0 Å². The number of halogens is 1. The second kappa shape index (κ2) is 5.40. The summed E-state index contributed by atoms with van der Waals surface area (Å²) in [5.74, 6) is -2.91. The fourth-order valence-electron chi connectivity index (χ4n) is 2.88. The number of likely N-dealkylation sites (tertiary alicyclic amines) is 1. The molecule has 1 atom stereocenters. The van der Waals surface area contributed by atoms with E-state index in [1.54, 1.807) is 0 Å². The Morgan fingerprint density at radius 2 is 2.09 bits per heavy atom. The summed E-state index contributed by atoms with van der Waals surface area (Å²) in [7, 11) is 0. The van der Waals surface area contributed by atoms with Crippen LogP contribution in [0.4, 0.5) is 10.1 Å². The van der Waals surface area contributed by atoms with E-state index in [9.17, 15) is 18.8 Å². The van der Waals surface area contributed by atoms with Gasteiger partial charge in [-0.2, -0.15) is 0 Å². The number of aliphatic carboxylic acids is 1. The van der Waals surface area contributed by atoms with Crippen LogP contribution in [-0.4, -0.2) is 40.9 Å². The number of carbonyl (C=O) groups is 3. The van der Waals surface area contributed by atoms with Gasteiger partial charge in [-0.1, -0.05) is 0 Å². The van der Waals surface area contributed by atoms with Crippen LogP contribution in [0.15, 0.2) is 12.1 Å². The molecule has 22 heavy (non-hydrogen) atoms. The number of rotatable bonds is 2. The first-order valence-electron chi connectivity index (χ1n) is 7.10. The van der Waals surface area contributed by atoms with Crippen molar-refractivity contribution in [3.05, 3.63) is 29.1 Å². The molecule has 2 N–H and O–H groups in total. The van der Waals surface area contributed by atoms with Gasteiger partial charge in [0.05, 0.1) is 11.5 Å². The average molecular weight is 306 g/mol. The maximum Gasteiger partial charge on any atom is 0.308 e. The molecule has 7 heteroatoms. The third kappa shape index (κ3) is 2.54. The molecule has 0 spiro atoms. The average Bonchev–Trinajstić information content (AvgIpc) is 2.95. The molecule has 1 fully saturated rings. The molecule has 0 bridgehead atoms. The SMILES string of the molecule is O=C1CCc2cc(C(=O)N3CCC(C(=O)O)C3)c(F)cc2N1. The molecule has 0 radical (unpaired) electrons. The minimum Gasteiger partial charge on any atom is -0.481 e. The molecule has 2 amide bonds. The summed E-state index contributed by atoms with van der Waals surface area (Å²) in [6, 6.07) is 2.62. The lowest BCUT2D eigenvalue weighted by Crippen LogP contribution is -2.31. The van der Waals surface area contributed by atoms with Crippen molar-refractivity contribution in [1.82, 2.24) is 4.90 Å². The number of benzene rings is 1. The van der Waals surface area contributed by atoms with Gasteiger partial charge in [-0.05, 0) is 30.5 Å². The number of hydrogen-bond acceptors (Lipinski definition) is 3. The van der Waals surface area contributed by atoms with Crippen LogP contribution in [0.1, 0.15) is 28.8 Å². The minimum absolute atomic E-state index is 0.0686. The van der Waals surface area contributed by atoms with Gasteiger partial charge >= 0.3 is 5.97 Å². The van der Waals surface area contributed by atoms with Crippen LogP contribution in [0.3, 0.4) is 0 Å². The summed E-state index contributed by atoms with van der Waals surface area (Å²) in [5.41, 5.74) is 1.05. The normalized spacial score (nSPS) is 20.5. The van der Waals surface area contributed by atoms with Gasteiger partial charge in [0.1, 0.15) is 5.82 Å². The quantitative estimate of drug-likeness (QED) is 0.861. The number of anilines is 1. The third-order valence-electron chi connectivity index (χ3n) is 4.14. The predicted octanol–water partition coefficient (Wildman–Crippen LogP) is 1.26. The molecule has 0 aliphatic carbocycles. The Morgan fingerprint density at radius 1 is 1.32 bits per heavy atom. The number of fused-ring (bicyclic) bond motifs is 1. The molecular weight excluding hydrogens is 291 g/mol. The molecule has 0 saturated carbocycles. The monoisotopic (exact) mass is 306 g/mol. The highest BCUT2D eigenvalue weighted by atomic mass is 19.1. The maximum absolute atomic E-state index is 14.1. The molecule has 2 aliphatic rings. The first-order chi connectivity index (χ1) is 10.5. The Balaban J connectivity index is 1.84. The molecule has 1 aromatic rings. The highest BCUT2D eigenvalue weighted by molar-refractivity contribution is 5.98. The van der Waals surface area contributed by atoms with Crippen molar-refractivity contribution in [2.45, 2.75) is 19.3 Å². The summed E-state index contributed by atoms with van der Waals surface area (Å²) in [6.07, 6.45) is 1.14. The number of amides is 2. The zero-order valence-electron chi connectivity index (χ0n) is 11.8. The number of aryl methyl sites for hydroxylation is 1. The molecule has 1 saturated heterocycles. The number of nitrogens with one attached hydrogen (secondary N) is 1. The van der Waals surface area contributed by atoms with Crippen molar-refractivity contribution in [3.63, 3.8) is 0 Å². The van der Waals surface area contributed by atoms with Crippen LogP contribution < -0.4 is 5.32 Å². The van der Waals surface area contributed by atoms with E-state index in [1.807, 2.05) is 0 Å². The van der Waals surface area contributed by atoms with Crippen LogP contribution in [0.25, 0.3) is 0 Å². The zero-order valence-corrected chi connectivity index (χ0v) is 11.8. The van der Waals surface area contributed by atoms with Crippen LogP contribution in [-0.2, 0) is 16.0 Å². The topological polar surface area (TPSA) is 86.7 Å². The van der Waals surface area contributed by atoms with E-state index in [2.05, 4.69) is 5.32 Å². The van der Waals surface area contributed by atoms with Gasteiger partial charge in [-0.3, -0.25) is 14.4 Å². The van der Waals surface area contributed by atoms with E-state index in [0.29, 0.717) is 31.5 Å². The van der Waals surface area contributed by atoms with Gasteiger partial charge in [0.25, 0.3) is 5.91 Å². The van der Waals surface area contributed by atoms with Crippen LogP contribution >= 0.6 is 0 Å². The minimum atomic E-state index is -0.941. The van der Waals surface area contributed by atoms with Gasteiger partial charge in [0.15, 0.2) is 0 Å². The first kappa shape index (κ1) is 14.5. The molecular formula is C15H15FN2O4. The van der Waals surface area contributed by atoms with Gasteiger partial charge in [-0.15, -0.1) is 0 Å². The lowest BCUT2D eigenvalue weighted by atomic mass is 9.99. The molecule has 2 heterocycles. The van der Waals surface area contributed by atoms with Crippen molar-refractivity contribution in [2.75, 3.05) is 18.4 Å². The van der Waals surface area contributed by atoms with Crippen LogP contribution in [0, 0.1) is 11.7 Å². The Labute approximate surface area is 125 Å². The summed E-state index contributed by atoms with van der Waals surface area (Å²) in [6.45, 7) is 0.407. The molecule has 1 aromatic carbocycles. The standard InChI is InChI=1S/C15H15FN2O4/c16-11-6-12-8(1-2-13(19)17-12)5-10(11)14(20)18-4-3-9(7-18)15(21)22/h5-6,9H,1-4,7H2,(H,17,19)(H,21,22). The third-order valence-corrected chi connectivity index (χ3v) is 4.14. The zero-order chi connectivity index (χ0) is 15.9. The molecule has 2 aliphatic heterocycles. The second-order valence-electron chi connectivity index (χ2n) is 5.61. The largest absolute Gasteiger partial charge is 0.481 e. The Hall–Kier alpha value is -2.44. The molecule has 1 unspecified atom stereocenters.